The van der Waals surface area contributed by atoms with Crippen molar-refractivity contribution in [1.82, 2.24) is 10.6 Å². The van der Waals surface area contributed by atoms with E-state index in [0.29, 0.717) is 11.3 Å². The van der Waals surface area contributed by atoms with Crippen LogP contribution in [-0.2, 0) is 20.7 Å². The lowest BCUT2D eigenvalue weighted by atomic mass is 10.0. The quantitative estimate of drug-likeness (QED) is 0.684. The molecule has 0 saturated heterocycles. The number of hydrogen-bond acceptors (Lipinski definition) is 5. The van der Waals surface area contributed by atoms with Gasteiger partial charge in [0.25, 0.3) is 5.91 Å². The molecule has 2 aromatic rings. The summed E-state index contributed by atoms with van der Waals surface area (Å²) < 4.78 is 10.0. The Bertz CT molecular complexity index is 792. The highest BCUT2D eigenvalue weighted by molar-refractivity contribution is 5.96. The molecule has 2 amide bonds. The Kier molecular flexibility index (Phi) is 7.37. The molecule has 0 aliphatic heterocycles. The molecule has 0 fully saturated rings. The van der Waals surface area contributed by atoms with Gasteiger partial charge in [0, 0.05) is 12.0 Å². The van der Waals surface area contributed by atoms with E-state index in [0.717, 1.165) is 5.56 Å². The predicted octanol–water partition coefficient (Wildman–Crippen LogP) is 1.33. The number of amides is 2. The Hall–Kier alpha value is -3.35. The summed E-state index contributed by atoms with van der Waals surface area (Å²) in [5, 5.41) is 5.11. The minimum absolute atomic E-state index is 0.203. The van der Waals surface area contributed by atoms with Crippen molar-refractivity contribution in [3.8, 4) is 5.75 Å². The van der Waals surface area contributed by atoms with Gasteiger partial charge in [0.05, 0.1) is 20.8 Å². The summed E-state index contributed by atoms with van der Waals surface area (Å²) in [6, 6.07) is 14.9. The van der Waals surface area contributed by atoms with Crippen molar-refractivity contribution in [2.45, 2.75) is 12.5 Å². The largest absolute Gasteiger partial charge is 0.496 e. The third-order valence-corrected chi connectivity index (χ3v) is 3.88. The van der Waals surface area contributed by atoms with Crippen LogP contribution < -0.4 is 15.4 Å². The summed E-state index contributed by atoms with van der Waals surface area (Å²) >= 11 is 0. The molecule has 0 saturated carbocycles. The number of para-hydroxylation sites is 1. The normalized spacial score (nSPS) is 11.2. The van der Waals surface area contributed by atoms with Crippen LogP contribution >= 0.6 is 0 Å². The maximum absolute atomic E-state index is 12.2. The fourth-order valence-corrected chi connectivity index (χ4v) is 2.52. The molecule has 0 radical (unpaired) electrons. The second kappa shape index (κ2) is 9.96. The summed E-state index contributed by atoms with van der Waals surface area (Å²) in [4.78, 5) is 36.2. The Balaban J connectivity index is 1.98. The molecule has 7 nitrogen and oxygen atoms in total. The van der Waals surface area contributed by atoms with E-state index in [4.69, 9.17) is 9.47 Å². The molecule has 0 aliphatic carbocycles. The van der Waals surface area contributed by atoms with Gasteiger partial charge in [0.1, 0.15) is 11.8 Å². The lowest BCUT2D eigenvalue weighted by molar-refractivity contribution is -0.144. The van der Waals surface area contributed by atoms with Gasteiger partial charge in [-0.2, -0.15) is 0 Å². The lowest BCUT2D eigenvalue weighted by Crippen LogP contribution is -2.47. The molecule has 142 valence electrons. The molecule has 0 spiro atoms. The summed E-state index contributed by atoms with van der Waals surface area (Å²) in [7, 11) is 2.78. The standard InChI is InChI=1S/C20H22N2O5/c1-26-17-11-7-6-10-15(17)12-16(20(25)27-2)22-18(23)13-21-19(24)14-8-4-3-5-9-14/h3-11,16H,12-13H2,1-2H3,(H,21,24)(H,22,23)/t16-/m1/s1. The first-order chi connectivity index (χ1) is 13.0. The first kappa shape index (κ1) is 20.0. The van der Waals surface area contributed by atoms with Gasteiger partial charge in [0.15, 0.2) is 0 Å². The molecular formula is C20H22N2O5. The van der Waals surface area contributed by atoms with Gasteiger partial charge >= 0.3 is 5.97 Å². The molecular weight excluding hydrogens is 348 g/mol. The average molecular weight is 370 g/mol. The van der Waals surface area contributed by atoms with E-state index in [1.54, 1.807) is 42.5 Å². The lowest BCUT2D eigenvalue weighted by Gasteiger charge is -2.18. The van der Waals surface area contributed by atoms with Crippen molar-refractivity contribution >= 4 is 17.8 Å². The van der Waals surface area contributed by atoms with Crippen molar-refractivity contribution in [1.29, 1.82) is 0 Å². The molecule has 0 aromatic heterocycles. The SMILES string of the molecule is COC(=O)[C@@H](Cc1ccccc1OC)NC(=O)CNC(=O)c1ccccc1. The zero-order valence-electron chi connectivity index (χ0n) is 15.2. The smallest absolute Gasteiger partial charge is 0.328 e. The van der Waals surface area contributed by atoms with E-state index >= 15 is 0 Å². The van der Waals surface area contributed by atoms with E-state index in [1.165, 1.54) is 14.2 Å². The van der Waals surface area contributed by atoms with E-state index in [2.05, 4.69) is 10.6 Å². The molecule has 2 N–H and O–H groups in total. The maximum atomic E-state index is 12.2. The molecule has 27 heavy (non-hydrogen) atoms. The van der Waals surface area contributed by atoms with Crippen LogP contribution in [0.3, 0.4) is 0 Å². The highest BCUT2D eigenvalue weighted by Gasteiger charge is 2.23. The minimum Gasteiger partial charge on any atom is -0.496 e. The second-order valence-electron chi connectivity index (χ2n) is 5.71. The number of carbonyl (C=O) groups excluding carboxylic acids is 3. The van der Waals surface area contributed by atoms with Crippen molar-refractivity contribution in [3.05, 3.63) is 65.7 Å². The number of nitrogens with one attached hydrogen (secondary N) is 2. The molecule has 0 bridgehead atoms. The molecule has 2 rings (SSSR count). The minimum atomic E-state index is -0.896. The summed E-state index contributed by atoms with van der Waals surface area (Å²) in [5.74, 6) is -0.837. The van der Waals surface area contributed by atoms with E-state index in [-0.39, 0.29) is 18.9 Å². The van der Waals surface area contributed by atoms with E-state index in [9.17, 15) is 14.4 Å². The molecule has 1 atom stereocenters. The van der Waals surface area contributed by atoms with Crippen LogP contribution in [0.15, 0.2) is 54.6 Å². The third kappa shape index (κ3) is 5.85. The van der Waals surface area contributed by atoms with Crippen LogP contribution in [0.25, 0.3) is 0 Å². The van der Waals surface area contributed by atoms with E-state index in [1.807, 2.05) is 12.1 Å². The van der Waals surface area contributed by atoms with Crippen molar-refractivity contribution in [3.63, 3.8) is 0 Å². The van der Waals surface area contributed by atoms with Gasteiger partial charge in [-0.15, -0.1) is 0 Å². The van der Waals surface area contributed by atoms with Gasteiger partial charge in [-0.1, -0.05) is 36.4 Å². The van der Waals surface area contributed by atoms with Crippen molar-refractivity contribution < 1.29 is 23.9 Å². The predicted molar refractivity (Wildman–Crippen MR) is 99.4 cm³/mol. The molecule has 0 heterocycles. The Morgan fingerprint density at radius 1 is 0.963 bits per heavy atom. The fourth-order valence-electron chi connectivity index (χ4n) is 2.52. The number of esters is 1. The van der Waals surface area contributed by atoms with Gasteiger partial charge < -0.3 is 20.1 Å². The Morgan fingerprint density at radius 2 is 1.63 bits per heavy atom. The Morgan fingerprint density at radius 3 is 2.30 bits per heavy atom. The first-order valence-corrected chi connectivity index (χ1v) is 8.37. The van der Waals surface area contributed by atoms with E-state index < -0.39 is 17.9 Å². The van der Waals surface area contributed by atoms with Crippen molar-refractivity contribution in [2.24, 2.45) is 0 Å². The fraction of sp³-hybridized carbons (Fsp3) is 0.250. The monoisotopic (exact) mass is 370 g/mol. The van der Waals surface area contributed by atoms with Crippen LogP contribution in [0, 0.1) is 0 Å². The third-order valence-electron chi connectivity index (χ3n) is 3.88. The zero-order valence-corrected chi connectivity index (χ0v) is 15.2. The van der Waals surface area contributed by atoms with Gasteiger partial charge in [0.2, 0.25) is 5.91 Å². The van der Waals surface area contributed by atoms with Crippen LogP contribution in [0.5, 0.6) is 5.75 Å². The number of hydrogen-bond donors (Lipinski definition) is 2. The average Bonchev–Trinajstić information content (AvgIpc) is 2.71. The topological polar surface area (TPSA) is 93.7 Å². The van der Waals surface area contributed by atoms with Crippen molar-refractivity contribution in [2.75, 3.05) is 20.8 Å². The molecule has 7 heteroatoms. The summed E-state index contributed by atoms with van der Waals surface area (Å²) in [5.41, 5.74) is 1.20. The van der Waals surface area contributed by atoms with Crippen LogP contribution in [0.2, 0.25) is 0 Å². The van der Waals surface area contributed by atoms with Crippen LogP contribution in [0.4, 0.5) is 0 Å². The van der Waals surface area contributed by atoms with Gasteiger partial charge in [-0.05, 0) is 23.8 Å². The number of rotatable bonds is 8. The number of ether oxygens (including phenoxy) is 2. The molecule has 2 aromatic carbocycles. The number of benzene rings is 2. The maximum Gasteiger partial charge on any atom is 0.328 e. The summed E-state index contributed by atoms with van der Waals surface area (Å²) in [6.45, 7) is -0.257. The zero-order chi connectivity index (χ0) is 19.6. The van der Waals surface area contributed by atoms with Gasteiger partial charge in [-0.3, -0.25) is 9.59 Å². The highest BCUT2D eigenvalue weighted by Crippen LogP contribution is 2.19. The summed E-state index contributed by atoms with van der Waals surface area (Å²) in [6.07, 6.45) is 0.203. The van der Waals surface area contributed by atoms with Crippen LogP contribution in [0.1, 0.15) is 15.9 Å². The second-order valence-corrected chi connectivity index (χ2v) is 5.71. The molecule has 0 aliphatic rings. The van der Waals surface area contributed by atoms with Gasteiger partial charge in [-0.25, -0.2) is 4.79 Å². The number of carbonyl (C=O) groups is 3. The van der Waals surface area contributed by atoms with Crippen LogP contribution in [-0.4, -0.2) is 44.6 Å². The molecule has 0 unspecified atom stereocenters. The Labute approximate surface area is 157 Å². The number of methoxy groups -OCH3 is 2. The first-order valence-electron chi connectivity index (χ1n) is 8.37. The highest BCUT2D eigenvalue weighted by atomic mass is 16.5.